The molecule has 0 saturated heterocycles. The van der Waals surface area contributed by atoms with Crippen molar-refractivity contribution in [3.05, 3.63) is 41.5 Å². The molecule has 1 aromatic carbocycles. The summed E-state index contributed by atoms with van der Waals surface area (Å²) in [4.78, 5) is 11.1. The lowest BCUT2D eigenvalue weighted by molar-refractivity contribution is -0.118. The van der Waals surface area contributed by atoms with Crippen molar-refractivity contribution in [2.75, 3.05) is 0 Å². The fourth-order valence-corrected chi connectivity index (χ4v) is 1.45. The first-order valence-corrected chi connectivity index (χ1v) is 4.30. The number of carbonyl (C=O) groups excluding carboxylic acids is 1. The lowest BCUT2D eigenvalue weighted by atomic mass is 10.1. The average Bonchev–Trinajstić information content (AvgIpc) is 2.61. The van der Waals surface area contributed by atoms with Crippen LogP contribution in [0.3, 0.4) is 0 Å². The highest BCUT2D eigenvalue weighted by Crippen LogP contribution is 2.22. The molecule has 1 N–H and O–H groups in total. The number of hydrogen-bond donors (Lipinski definition) is 1. The Labute approximate surface area is 81.7 Å². The predicted molar refractivity (Wildman–Crippen MR) is 51.7 cm³/mol. The summed E-state index contributed by atoms with van der Waals surface area (Å²) < 4.78 is 0. The van der Waals surface area contributed by atoms with Gasteiger partial charge in [-0.2, -0.15) is 5.26 Å². The highest BCUT2D eigenvalue weighted by molar-refractivity contribution is 5.97. The monoisotopic (exact) mass is 184 g/mol. The van der Waals surface area contributed by atoms with Gasteiger partial charge >= 0.3 is 0 Å². The Morgan fingerprint density at radius 1 is 1.29 bits per heavy atom. The standard InChI is InChI=1S/C11H8N2O/c12-7-9-6-10(14)13-11(9)8-4-2-1-3-5-8/h1-5H,6H2,(H,13,14). The SMILES string of the molecule is N#CC1=C(c2ccccc2)NC(=O)C1. The third-order valence-electron chi connectivity index (χ3n) is 2.10. The Kier molecular flexibility index (Phi) is 2.04. The van der Waals surface area contributed by atoms with E-state index in [9.17, 15) is 4.79 Å². The van der Waals surface area contributed by atoms with E-state index >= 15 is 0 Å². The normalized spacial score (nSPS) is 15.2. The first-order chi connectivity index (χ1) is 6.81. The van der Waals surface area contributed by atoms with Crippen molar-refractivity contribution < 1.29 is 4.79 Å². The average molecular weight is 184 g/mol. The van der Waals surface area contributed by atoms with E-state index in [1.807, 2.05) is 36.4 Å². The number of carbonyl (C=O) groups is 1. The van der Waals surface area contributed by atoms with E-state index in [0.29, 0.717) is 11.3 Å². The third kappa shape index (κ3) is 1.38. The highest BCUT2D eigenvalue weighted by atomic mass is 16.1. The zero-order chi connectivity index (χ0) is 9.97. The number of amides is 1. The molecule has 3 nitrogen and oxygen atoms in total. The van der Waals surface area contributed by atoms with Crippen molar-refractivity contribution in [3.63, 3.8) is 0 Å². The van der Waals surface area contributed by atoms with Crippen LogP contribution in [0.25, 0.3) is 5.70 Å². The zero-order valence-corrected chi connectivity index (χ0v) is 7.45. The van der Waals surface area contributed by atoms with E-state index in [1.165, 1.54) is 0 Å². The highest BCUT2D eigenvalue weighted by Gasteiger charge is 2.21. The zero-order valence-electron chi connectivity index (χ0n) is 7.45. The molecule has 0 aromatic heterocycles. The van der Waals surface area contributed by atoms with E-state index in [-0.39, 0.29) is 12.3 Å². The molecular weight excluding hydrogens is 176 g/mol. The van der Waals surface area contributed by atoms with Crippen LogP contribution in [-0.4, -0.2) is 5.91 Å². The number of nitrogens with zero attached hydrogens (tertiary/aromatic N) is 1. The third-order valence-corrected chi connectivity index (χ3v) is 2.10. The maximum atomic E-state index is 11.1. The smallest absolute Gasteiger partial charge is 0.229 e. The number of hydrogen-bond acceptors (Lipinski definition) is 2. The Hall–Kier alpha value is -2.08. The quantitative estimate of drug-likeness (QED) is 0.718. The van der Waals surface area contributed by atoms with Gasteiger partial charge in [0.2, 0.25) is 5.91 Å². The maximum absolute atomic E-state index is 11.1. The molecule has 1 aliphatic heterocycles. The first kappa shape index (κ1) is 8.52. The van der Waals surface area contributed by atoms with Gasteiger partial charge in [0.25, 0.3) is 0 Å². The molecule has 0 saturated carbocycles. The van der Waals surface area contributed by atoms with Crippen molar-refractivity contribution in [2.24, 2.45) is 0 Å². The van der Waals surface area contributed by atoms with E-state index in [0.717, 1.165) is 5.56 Å². The number of nitrogens with one attached hydrogen (secondary N) is 1. The minimum atomic E-state index is -0.111. The molecule has 0 unspecified atom stereocenters. The van der Waals surface area contributed by atoms with Gasteiger partial charge in [-0.3, -0.25) is 4.79 Å². The molecule has 0 bridgehead atoms. The second kappa shape index (κ2) is 3.35. The first-order valence-electron chi connectivity index (χ1n) is 4.30. The molecule has 0 radical (unpaired) electrons. The van der Waals surface area contributed by atoms with Crippen molar-refractivity contribution in [1.82, 2.24) is 5.32 Å². The van der Waals surface area contributed by atoms with Gasteiger partial charge in [-0.05, 0) is 5.56 Å². The molecule has 0 aliphatic carbocycles. The number of nitriles is 1. The van der Waals surface area contributed by atoms with Crippen LogP contribution < -0.4 is 5.32 Å². The Morgan fingerprint density at radius 2 is 2.00 bits per heavy atom. The molecule has 1 amide bonds. The molecule has 0 atom stereocenters. The summed E-state index contributed by atoms with van der Waals surface area (Å²) in [5.41, 5.74) is 2.05. The summed E-state index contributed by atoms with van der Waals surface area (Å²) in [6.07, 6.45) is 0.195. The van der Waals surface area contributed by atoms with Crippen LogP contribution in [-0.2, 0) is 4.79 Å². The van der Waals surface area contributed by atoms with Gasteiger partial charge in [0.05, 0.1) is 23.8 Å². The van der Waals surface area contributed by atoms with E-state index < -0.39 is 0 Å². The van der Waals surface area contributed by atoms with Gasteiger partial charge in [0.1, 0.15) is 0 Å². The molecule has 3 heteroatoms. The molecule has 0 spiro atoms. The van der Waals surface area contributed by atoms with Crippen molar-refractivity contribution in [1.29, 1.82) is 5.26 Å². The van der Waals surface area contributed by atoms with Crippen molar-refractivity contribution in [2.45, 2.75) is 6.42 Å². The molecule has 0 fully saturated rings. The van der Waals surface area contributed by atoms with E-state index in [2.05, 4.69) is 5.32 Å². The van der Waals surface area contributed by atoms with E-state index in [1.54, 1.807) is 0 Å². The summed E-state index contributed by atoms with van der Waals surface area (Å²) in [6, 6.07) is 11.4. The van der Waals surface area contributed by atoms with Crippen LogP contribution >= 0.6 is 0 Å². The number of rotatable bonds is 1. The van der Waals surface area contributed by atoms with Crippen molar-refractivity contribution in [3.8, 4) is 6.07 Å². The van der Waals surface area contributed by atoms with Crippen LogP contribution in [0.5, 0.6) is 0 Å². The summed E-state index contributed by atoms with van der Waals surface area (Å²) in [5, 5.41) is 11.5. The topological polar surface area (TPSA) is 52.9 Å². The second-order valence-electron chi connectivity index (χ2n) is 3.06. The van der Waals surface area contributed by atoms with Gasteiger partial charge in [-0.1, -0.05) is 30.3 Å². The van der Waals surface area contributed by atoms with Crippen LogP contribution in [0.15, 0.2) is 35.9 Å². The predicted octanol–water partition coefficient (Wildman–Crippen LogP) is 1.44. The summed E-state index contributed by atoms with van der Waals surface area (Å²) in [7, 11) is 0. The van der Waals surface area contributed by atoms with Gasteiger partial charge in [0.15, 0.2) is 0 Å². The lowest BCUT2D eigenvalue weighted by Crippen LogP contribution is -2.13. The largest absolute Gasteiger partial charge is 0.324 e. The maximum Gasteiger partial charge on any atom is 0.229 e. The molecular formula is C11H8N2O. The lowest BCUT2D eigenvalue weighted by Gasteiger charge is -2.02. The van der Waals surface area contributed by atoms with E-state index in [4.69, 9.17) is 5.26 Å². The van der Waals surface area contributed by atoms with Crippen LogP contribution in [0.2, 0.25) is 0 Å². The van der Waals surface area contributed by atoms with Crippen LogP contribution in [0, 0.1) is 11.3 Å². The molecule has 1 aliphatic rings. The Bertz CT molecular complexity index is 440. The fraction of sp³-hybridized carbons (Fsp3) is 0.0909. The number of benzene rings is 1. The molecule has 1 heterocycles. The molecule has 1 aromatic rings. The molecule has 2 rings (SSSR count). The van der Waals surface area contributed by atoms with Gasteiger partial charge < -0.3 is 5.32 Å². The summed E-state index contributed by atoms with van der Waals surface area (Å²) >= 11 is 0. The molecule has 14 heavy (non-hydrogen) atoms. The van der Waals surface area contributed by atoms with Gasteiger partial charge in [-0.25, -0.2) is 0 Å². The van der Waals surface area contributed by atoms with Gasteiger partial charge in [-0.15, -0.1) is 0 Å². The van der Waals surface area contributed by atoms with Crippen LogP contribution in [0.4, 0.5) is 0 Å². The molecule has 68 valence electrons. The second-order valence-corrected chi connectivity index (χ2v) is 3.06. The minimum absolute atomic E-state index is 0.111. The summed E-state index contributed by atoms with van der Waals surface area (Å²) in [5.74, 6) is -0.111. The Balaban J connectivity index is 2.45. The minimum Gasteiger partial charge on any atom is -0.324 e. The fourth-order valence-electron chi connectivity index (χ4n) is 1.45. The Morgan fingerprint density at radius 3 is 2.64 bits per heavy atom. The van der Waals surface area contributed by atoms with Crippen molar-refractivity contribution >= 4 is 11.6 Å². The van der Waals surface area contributed by atoms with Crippen LogP contribution in [0.1, 0.15) is 12.0 Å². The summed E-state index contributed by atoms with van der Waals surface area (Å²) in [6.45, 7) is 0. The van der Waals surface area contributed by atoms with Gasteiger partial charge in [0, 0.05) is 0 Å².